The first-order chi connectivity index (χ1) is 15.7. The number of aromatic nitrogens is 2. The predicted octanol–water partition coefficient (Wildman–Crippen LogP) is 4.33. The lowest BCUT2D eigenvalue weighted by Crippen LogP contribution is -2.56. The van der Waals surface area contributed by atoms with Crippen LogP contribution in [0.1, 0.15) is 80.8 Å². The highest BCUT2D eigenvalue weighted by atomic mass is 16.4. The Morgan fingerprint density at radius 2 is 1.59 bits per heavy atom. The van der Waals surface area contributed by atoms with E-state index >= 15 is 0 Å². The topological polar surface area (TPSA) is 65.6 Å². The Hall–Kier alpha value is -1.92. The molecule has 6 nitrogen and oxygen atoms in total. The van der Waals surface area contributed by atoms with Gasteiger partial charge in [-0.05, 0) is 93.8 Å². The molecule has 3 heterocycles. The average molecular weight is 437 g/mol. The van der Waals surface area contributed by atoms with Gasteiger partial charge >= 0.3 is 6.01 Å². The van der Waals surface area contributed by atoms with Crippen molar-refractivity contribution >= 4 is 6.01 Å². The average Bonchev–Trinajstić information content (AvgIpc) is 3.49. The highest BCUT2D eigenvalue weighted by Crippen LogP contribution is 2.49. The van der Waals surface area contributed by atoms with Crippen LogP contribution >= 0.6 is 0 Å². The number of nitrogens with zero attached hydrogens (tertiary/aromatic N) is 4. The number of aliphatic hydroxyl groups is 1. The van der Waals surface area contributed by atoms with Gasteiger partial charge in [0.05, 0.1) is 6.10 Å². The largest absolute Gasteiger partial charge is 0.411 e. The van der Waals surface area contributed by atoms with Crippen molar-refractivity contribution in [2.24, 2.45) is 5.41 Å². The number of anilines is 1. The molecule has 2 saturated carbocycles. The summed E-state index contributed by atoms with van der Waals surface area (Å²) in [6.07, 6.45) is 12.1. The van der Waals surface area contributed by atoms with Crippen LogP contribution in [-0.2, 0) is 0 Å². The molecule has 4 fully saturated rings. The molecule has 6 heteroatoms. The van der Waals surface area contributed by atoms with Crippen LogP contribution in [0.5, 0.6) is 0 Å². The minimum atomic E-state index is -0.0777. The Balaban J connectivity index is 1.05. The Morgan fingerprint density at radius 3 is 2.25 bits per heavy atom. The molecular weight excluding hydrogens is 400 g/mol. The van der Waals surface area contributed by atoms with Crippen LogP contribution in [0.15, 0.2) is 35.1 Å². The van der Waals surface area contributed by atoms with Crippen molar-refractivity contribution in [1.82, 2.24) is 15.1 Å². The first kappa shape index (κ1) is 20.7. The molecule has 2 saturated heterocycles. The molecular formula is C26H36N4O2. The lowest BCUT2D eigenvalue weighted by atomic mass is 9.76. The van der Waals surface area contributed by atoms with Crippen molar-refractivity contribution < 1.29 is 9.52 Å². The van der Waals surface area contributed by atoms with Crippen LogP contribution in [-0.4, -0.2) is 58.5 Å². The first-order valence-electron chi connectivity index (χ1n) is 12.7. The Kier molecular flexibility index (Phi) is 5.46. The van der Waals surface area contributed by atoms with Crippen molar-refractivity contribution in [3.8, 4) is 0 Å². The fourth-order valence-corrected chi connectivity index (χ4v) is 7.20. The van der Waals surface area contributed by atoms with Gasteiger partial charge in [0.25, 0.3) is 0 Å². The minimum Gasteiger partial charge on any atom is -0.411 e. The molecule has 0 amide bonds. The summed E-state index contributed by atoms with van der Waals surface area (Å²) in [7, 11) is 0. The number of hydrogen-bond acceptors (Lipinski definition) is 6. The second-order valence-electron chi connectivity index (χ2n) is 10.9. The molecule has 2 aliphatic heterocycles. The summed E-state index contributed by atoms with van der Waals surface area (Å²) in [5.74, 6) is 1.34. The Labute approximate surface area is 191 Å². The molecule has 4 aliphatic rings. The molecule has 0 unspecified atom stereocenters. The maximum absolute atomic E-state index is 9.93. The third-order valence-electron chi connectivity index (χ3n) is 8.97. The second-order valence-corrected chi connectivity index (χ2v) is 10.9. The molecule has 0 radical (unpaired) electrons. The Bertz CT molecular complexity index is 894. The number of hydrogen-bond donors (Lipinski definition) is 1. The number of rotatable bonds is 4. The van der Waals surface area contributed by atoms with Crippen LogP contribution in [0.25, 0.3) is 0 Å². The summed E-state index contributed by atoms with van der Waals surface area (Å²) in [4.78, 5) is 5.03. The van der Waals surface area contributed by atoms with E-state index in [-0.39, 0.29) is 6.10 Å². The highest BCUT2D eigenvalue weighted by Gasteiger charge is 2.50. The number of likely N-dealkylation sites (tertiary alicyclic amines) is 1. The summed E-state index contributed by atoms with van der Waals surface area (Å²) >= 11 is 0. The zero-order valence-corrected chi connectivity index (χ0v) is 19.0. The van der Waals surface area contributed by atoms with Crippen molar-refractivity contribution in [1.29, 1.82) is 0 Å². The smallest absolute Gasteiger partial charge is 0.317 e. The van der Waals surface area contributed by atoms with E-state index in [0.717, 1.165) is 44.8 Å². The molecule has 32 heavy (non-hydrogen) atoms. The molecule has 1 aromatic carbocycles. The van der Waals surface area contributed by atoms with Gasteiger partial charge in [-0.25, -0.2) is 0 Å². The quantitative estimate of drug-likeness (QED) is 0.770. The van der Waals surface area contributed by atoms with Crippen LogP contribution in [0.4, 0.5) is 6.01 Å². The molecule has 2 aliphatic carbocycles. The van der Waals surface area contributed by atoms with Crippen LogP contribution in [0, 0.1) is 5.41 Å². The maximum atomic E-state index is 9.93. The van der Waals surface area contributed by atoms with Crippen LogP contribution < -0.4 is 4.90 Å². The SMILES string of the molecule is OC1CCC(c2ccccc2C2CCN([C@@H]3CCC4(C3)CN(c3nnco3)C4)CC2)CC1. The minimum absolute atomic E-state index is 0.0777. The van der Waals surface area contributed by atoms with E-state index in [0.29, 0.717) is 23.3 Å². The van der Waals surface area contributed by atoms with E-state index in [1.54, 1.807) is 11.1 Å². The predicted molar refractivity (Wildman–Crippen MR) is 124 cm³/mol. The number of piperidine rings is 1. The summed E-state index contributed by atoms with van der Waals surface area (Å²) < 4.78 is 5.38. The number of aliphatic hydroxyl groups excluding tert-OH is 1. The molecule has 0 bridgehead atoms. The third kappa shape index (κ3) is 3.86. The van der Waals surface area contributed by atoms with Gasteiger partial charge in [-0.15, -0.1) is 5.10 Å². The summed E-state index contributed by atoms with van der Waals surface area (Å²) in [6.45, 7) is 4.62. The van der Waals surface area contributed by atoms with Crippen LogP contribution in [0.3, 0.4) is 0 Å². The maximum Gasteiger partial charge on any atom is 0.317 e. The van der Waals surface area contributed by atoms with Gasteiger partial charge in [-0.2, -0.15) is 0 Å². The fraction of sp³-hybridized carbons (Fsp3) is 0.692. The highest BCUT2D eigenvalue weighted by molar-refractivity contribution is 5.35. The van der Waals surface area contributed by atoms with Gasteiger partial charge < -0.3 is 19.3 Å². The van der Waals surface area contributed by atoms with E-state index in [4.69, 9.17) is 4.42 Å². The molecule has 1 N–H and O–H groups in total. The van der Waals surface area contributed by atoms with E-state index in [9.17, 15) is 5.11 Å². The molecule has 1 atom stereocenters. The van der Waals surface area contributed by atoms with Gasteiger partial charge in [0.2, 0.25) is 6.39 Å². The van der Waals surface area contributed by atoms with Gasteiger partial charge in [-0.3, -0.25) is 0 Å². The molecule has 172 valence electrons. The number of benzene rings is 1. The summed E-state index contributed by atoms with van der Waals surface area (Å²) in [5, 5.41) is 17.8. The lowest BCUT2D eigenvalue weighted by Gasteiger charge is -2.48. The molecule has 1 spiro atoms. The lowest BCUT2D eigenvalue weighted by molar-refractivity contribution is 0.121. The van der Waals surface area contributed by atoms with Crippen LogP contribution in [0.2, 0.25) is 0 Å². The van der Waals surface area contributed by atoms with Crippen molar-refractivity contribution in [3.63, 3.8) is 0 Å². The van der Waals surface area contributed by atoms with Gasteiger partial charge in [0.15, 0.2) is 0 Å². The first-order valence-corrected chi connectivity index (χ1v) is 12.7. The summed E-state index contributed by atoms with van der Waals surface area (Å²) in [6, 6.07) is 10.6. The monoisotopic (exact) mass is 436 g/mol. The van der Waals surface area contributed by atoms with Gasteiger partial charge in [0.1, 0.15) is 0 Å². The fourth-order valence-electron chi connectivity index (χ4n) is 7.20. The van der Waals surface area contributed by atoms with E-state index < -0.39 is 0 Å². The van der Waals surface area contributed by atoms with Gasteiger partial charge in [0, 0.05) is 24.5 Å². The van der Waals surface area contributed by atoms with Crippen molar-refractivity contribution in [3.05, 3.63) is 41.8 Å². The Morgan fingerprint density at radius 1 is 0.906 bits per heavy atom. The van der Waals surface area contributed by atoms with E-state index in [2.05, 4.69) is 44.3 Å². The standard InChI is InChI=1S/C26H36N4O2/c31-22-7-5-19(6-8-22)23-3-1-2-4-24(23)20-10-13-29(14-11-20)21-9-12-26(15-21)16-30(17-26)25-28-27-18-32-25/h1-4,18-22,31H,5-17H2/t19?,21-,22?/m1/s1. The normalized spacial score (nSPS) is 31.2. The van der Waals surface area contributed by atoms with E-state index in [1.165, 1.54) is 51.6 Å². The zero-order chi connectivity index (χ0) is 21.5. The molecule has 6 rings (SSSR count). The third-order valence-corrected chi connectivity index (χ3v) is 8.97. The summed E-state index contributed by atoms with van der Waals surface area (Å²) in [5.41, 5.74) is 3.65. The molecule has 1 aromatic heterocycles. The van der Waals surface area contributed by atoms with Crippen molar-refractivity contribution in [2.75, 3.05) is 31.1 Å². The second kappa shape index (κ2) is 8.45. The van der Waals surface area contributed by atoms with E-state index in [1.807, 2.05) is 0 Å². The molecule has 2 aromatic rings. The van der Waals surface area contributed by atoms with Crippen molar-refractivity contribution in [2.45, 2.75) is 81.8 Å². The van der Waals surface area contributed by atoms with Gasteiger partial charge in [-0.1, -0.05) is 29.4 Å². The zero-order valence-electron chi connectivity index (χ0n) is 19.0.